The van der Waals surface area contributed by atoms with E-state index in [0.29, 0.717) is 13.2 Å². The van der Waals surface area contributed by atoms with Crippen molar-refractivity contribution in [2.24, 2.45) is 0 Å². The fraction of sp³-hybridized carbons (Fsp3) is 0.400. The maximum Gasteiger partial charge on any atom is 0.162 e. The summed E-state index contributed by atoms with van der Waals surface area (Å²) in [6, 6.07) is 18.3. The van der Waals surface area contributed by atoms with Gasteiger partial charge in [-0.1, -0.05) is 42.5 Å². The lowest BCUT2D eigenvalue weighted by atomic mass is 10.0. The topological polar surface area (TPSA) is 30.9 Å². The number of hydrogen-bond acceptors (Lipinski definition) is 4. The lowest BCUT2D eigenvalue weighted by Crippen LogP contribution is -2.47. The zero-order valence-corrected chi connectivity index (χ0v) is 14.4. The molecule has 1 aliphatic rings. The molecule has 0 bridgehead atoms. The molecule has 3 rings (SSSR count). The van der Waals surface area contributed by atoms with Crippen molar-refractivity contribution >= 4 is 0 Å². The van der Waals surface area contributed by atoms with Crippen LogP contribution in [-0.4, -0.2) is 44.4 Å². The molecule has 2 aromatic rings. The molecular weight excluding hydrogens is 302 g/mol. The molecule has 0 N–H and O–H groups in total. The minimum Gasteiger partial charge on any atom is -0.490 e. The Morgan fingerprint density at radius 1 is 1.08 bits per heavy atom. The summed E-state index contributed by atoms with van der Waals surface area (Å²) in [5, 5.41) is 0. The molecule has 0 aliphatic carbocycles. The smallest absolute Gasteiger partial charge is 0.162 e. The number of para-hydroxylation sites is 2. The SMILES string of the molecule is CCOc1ccccc1OC(c1ccccc1)C1COCCN1C. The Hall–Kier alpha value is -2.04. The summed E-state index contributed by atoms with van der Waals surface area (Å²) >= 11 is 0. The van der Waals surface area contributed by atoms with Gasteiger partial charge < -0.3 is 14.2 Å². The molecule has 2 unspecified atom stereocenters. The van der Waals surface area contributed by atoms with Crippen LogP contribution in [0.3, 0.4) is 0 Å². The van der Waals surface area contributed by atoms with E-state index in [1.54, 1.807) is 0 Å². The summed E-state index contributed by atoms with van der Waals surface area (Å²) < 4.78 is 17.9. The molecule has 1 fully saturated rings. The molecule has 2 atom stereocenters. The first kappa shape index (κ1) is 16.8. The molecule has 1 saturated heterocycles. The Labute approximate surface area is 144 Å². The van der Waals surface area contributed by atoms with E-state index in [4.69, 9.17) is 14.2 Å². The lowest BCUT2D eigenvalue weighted by Gasteiger charge is -2.38. The van der Waals surface area contributed by atoms with Crippen molar-refractivity contribution in [1.29, 1.82) is 0 Å². The van der Waals surface area contributed by atoms with Crippen molar-refractivity contribution in [2.45, 2.75) is 19.1 Å². The van der Waals surface area contributed by atoms with Crippen LogP contribution in [-0.2, 0) is 4.74 Å². The summed E-state index contributed by atoms with van der Waals surface area (Å²) in [6.07, 6.45) is -0.113. The van der Waals surface area contributed by atoms with Gasteiger partial charge >= 0.3 is 0 Å². The molecule has 24 heavy (non-hydrogen) atoms. The van der Waals surface area contributed by atoms with Crippen LogP contribution in [0.2, 0.25) is 0 Å². The van der Waals surface area contributed by atoms with Gasteiger partial charge in [-0.05, 0) is 31.7 Å². The summed E-state index contributed by atoms with van der Waals surface area (Å²) in [5.41, 5.74) is 1.14. The van der Waals surface area contributed by atoms with Crippen LogP contribution in [0.4, 0.5) is 0 Å². The molecule has 1 aliphatic heterocycles. The number of ether oxygens (including phenoxy) is 3. The molecule has 1 heterocycles. The molecule has 128 valence electrons. The van der Waals surface area contributed by atoms with Gasteiger partial charge in [0.25, 0.3) is 0 Å². The molecule has 0 aromatic heterocycles. The van der Waals surface area contributed by atoms with Crippen molar-refractivity contribution in [3.63, 3.8) is 0 Å². The Balaban J connectivity index is 1.90. The third-order valence-corrected chi connectivity index (χ3v) is 4.32. The molecule has 4 heteroatoms. The monoisotopic (exact) mass is 327 g/mol. The van der Waals surface area contributed by atoms with E-state index in [0.717, 1.165) is 30.2 Å². The van der Waals surface area contributed by atoms with Gasteiger partial charge in [-0.25, -0.2) is 0 Å². The standard InChI is InChI=1S/C20H25NO3/c1-3-23-18-11-7-8-12-19(18)24-20(16-9-5-4-6-10-16)17-15-22-14-13-21(17)2/h4-12,17,20H,3,13-15H2,1-2H3. The minimum absolute atomic E-state index is 0.113. The number of benzene rings is 2. The summed E-state index contributed by atoms with van der Waals surface area (Å²) in [7, 11) is 2.13. The quantitative estimate of drug-likeness (QED) is 0.812. The fourth-order valence-corrected chi connectivity index (χ4v) is 2.99. The van der Waals surface area contributed by atoms with Gasteiger partial charge in [0, 0.05) is 6.54 Å². The van der Waals surface area contributed by atoms with Gasteiger partial charge in [0.05, 0.1) is 25.9 Å². The van der Waals surface area contributed by atoms with Gasteiger partial charge in [0.2, 0.25) is 0 Å². The molecule has 4 nitrogen and oxygen atoms in total. The van der Waals surface area contributed by atoms with E-state index in [9.17, 15) is 0 Å². The third kappa shape index (κ3) is 3.89. The fourth-order valence-electron chi connectivity index (χ4n) is 2.99. The van der Waals surface area contributed by atoms with E-state index in [-0.39, 0.29) is 12.1 Å². The van der Waals surface area contributed by atoms with Crippen LogP contribution in [0.5, 0.6) is 11.5 Å². The van der Waals surface area contributed by atoms with E-state index >= 15 is 0 Å². The second-order valence-corrected chi connectivity index (χ2v) is 5.95. The maximum atomic E-state index is 6.45. The number of nitrogens with zero attached hydrogens (tertiary/aromatic N) is 1. The minimum atomic E-state index is -0.113. The summed E-state index contributed by atoms with van der Waals surface area (Å²) in [4.78, 5) is 2.31. The Morgan fingerprint density at radius 2 is 1.79 bits per heavy atom. The maximum absolute atomic E-state index is 6.45. The number of likely N-dealkylation sites (N-methyl/N-ethyl adjacent to an activating group) is 1. The van der Waals surface area contributed by atoms with Crippen molar-refractivity contribution in [2.75, 3.05) is 33.4 Å². The Morgan fingerprint density at radius 3 is 2.50 bits per heavy atom. The van der Waals surface area contributed by atoms with Gasteiger partial charge in [0.15, 0.2) is 11.5 Å². The first-order chi connectivity index (χ1) is 11.8. The predicted molar refractivity (Wildman–Crippen MR) is 94.7 cm³/mol. The number of morpholine rings is 1. The predicted octanol–water partition coefficient (Wildman–Crippen LogP) is 3.54. The highest BCUT2D eigenvalue weighted by atomic mass is 16.5. The van der Waals surface area contributed by atoms with Crippen LogP contribution in [0.25, 0.3) is 0 Å². The first-order valence-electron chi connectivity index (χ1n) is 8.51. The average Bonchev–Trinajstić information content (AvgIpc) is 2.63. The van der Waals surface area contributed by atoms with Crippen molar-refractivity contribution in [3.05, 3.63) is 60.2 Å². The van der Waals surface area contributed by atoms with E-state index in [1.165, 1.54) is 0 Å². The highest BCUT2D eigenvalue weighted by Crippen LogP contribution is 2.34. The molecule has 0 amide bonds. The summed E-state index contributed by atoms with van der Waals surface area (Å²) in [5.74, 6) is 1.55. The third-order valence-electron chi connectivity index (χ3n) is 4.32. The number of rotatable bonds is 6. The zero-order chi connectivity index (χ0) is 16.8. The molecule has 0 saturated carbocycles. The summed E-state index contributed by atoms with van der Waals surface area (Å²) in [6.45, 7) is 4.93. The Bertz CT molecular complexity index is 632. The van der Waals surface area contributed by atoms with Crippen molar-refractivity contribution in [3.8, 4) is 11.5 Å². The van der Waals surface area contributed by atoms with Gasteiger partial charge in [-0.3, -0.25) is 4.90 Å². The Kier molecular flexibility index (Phi) is 5.72. The molecule has 2 aromatic carbocycles. The van der Waals surface area contributed by atoms with Crippen LogP contribution in [0.1, 0.15) is 18.6 Å². The zero-order valence-electron chi connectivity index (χ0n) is 14.4. The molecule has 0 radical (unpaired) electrons. The molecular formula is C20H25NO3. The lowest BCUT2D eigenvalue weighted by molar-refractivity contribution is -0.0412. The molecule has 0 spiro atoms. The number of hydrogen-bond donors (Lipinski definition) is 0. The van der Waals surface area contributed by atoms with Crippen molar-refractivity contribution < 1.29 is 14.2 Å². The van der Waals surface area contributed by atoms with E-state index in [2.05, 4.69) is 24.1 Å². The van der Waals surface area contributed by atoms with Crippen LogP contribution < -0.4 is 9.47 Å². The second kappa shape index (κ2) is 8.18. The highest BCUT2D eigenvalue weighted by molar-refractivity contribution is 5.40. The van der Waals surface area contributed by atoms with Crippen molar-refractivity contribution in [1.82, 2.24) is 4.90 Å². The van der Waals surface area contributed by atoms with E-state index < -0.39 is 0 Å². The van der Waals surface area contributed by atoms with Gasteiger partial charge in [0.1, 0.15) is 6.10 Å². The second-order valence-electron chi connectivity index (χ2n) is 5.95. The highest BCUT2D eigenvalue weighted by Gasteiger charge is 2.31. The van der Waals surface area contributed by atoms with Crippen LogP contribution in [0.15, 0.2) is 54.6 Å². The van der Waals surface area contributed by atoms with Crippen LogP contribution in [0, 0.1) is 0 Å². The normalized spacial score (nSPS) is 19.7. The average molecular weight is 327 g/mol. The van der Waals surface area contributed by atoms with E-state index in [1.807, 2.05) is 49.4 Å². The van der Waals surface area contributed by atoms with Gasteiger partial charge in [-0.15, -0.1) is 0 Å². The largest absolute Gasteiger partial charge is 0.490 e. The first-order valence-corrected chi connectivity index (χ1v) is 8.51. The van der Waals surface area contributed by atoms with Crippen LogP contribution >= 0.6 is 0 Å². The van der Waals surface area contributed by atoms with Gasteiger partial charge in [-0.2, -0.15) is 0 Å².